The van der Waals surface area contributed by atoms with Crippen LogP contribution >= 0.6 is 0 Å². The number of aliphatic hydroxyl groups is 1. The zero-order valence-electron chi connectivity index (χ0n) is 11.3. The molecule has 0 bridgehead atoms. The normalized spacial score (nSPS) is 12.1. The molecule has 0 aliphatic carbocycles. The third kappa shape index (κ3) is 2.77. The van der Waals surface area contributed by atoms with Gasteiger partial charge in [0.15, 0.2) is 6.10 Å². The van der Waals surface area contributed by atoms with E-state index in [1.165, 1.54) is 6.92 Å². The van der Waals surface area contributed by atoms with Crippen LogP contribution in [-0.2, 0) is 9.53 Å². The maximum Gasteiger partial charge on any atom is 0.336 e. The van der Waals surface area contributed by atoms with Crippen LogP contribution in [0.3, 0.4) is 0 Å². The van der Waals surface area contributed by atoms with E-state index >= 15 is 0 Å². The summed E-state index contributed by atoms with van der Waals surface area (Å²) in [7, 11) is 1.12. The highest BCUT2D eigenvalue weighted by Crippen LogP contribution is 2.20. The second kappa shape index (κ2) is 5.75. The maximum absolute atomic E-state index is 12.1. The van der Waals surface area contributed by atoms with E-state index in [4.69, 9.17) is 4.42 Å². The molecule has 0 aromatic carbocycles. The molecule has 1 amide bonds. The predicted molar refractivity (Wildman–Crippen MR) is 69.7 cm³/mol. The minimum Gasteiger partial charge on any atom is -0.467 e. The summed E-state index contributed by atoms with van der Waals surface area (Å²) in [4.78, 5) is 41.0. The number of aromatic amines is 1. The molecule has 112 valence electrons. The summed E-state index contributed by atoms with van der Waals surface area (Å²) >= 11 is 0. The van der Waals surface area contributed by atoms with E-state index in [1.54, 1.807) is 0 Å². The van der Waals surface area contributed by atoms with Crippen molar-refractivity contribution in [2.24, 2.45) is 0 Å². The average Bonchev–Trinajstić information content (AvgIpc) is 2.81. The van der Waals surface area contributed by atoms with Gasteiger partial charge in [0.25, 0.3) is 11.5 Å². The fourth-order valence-electron chi connectivity index (χ4n) is 1.82. The molecule has 2 aromatic heterocycles. The van der Waals surface area contributed by atoms with Crippen molar-refractivity contribution in [2.45, 2.75) is 13.0 Å². The molecule has 0 aliphatic rings. The maximum atomic E-state index is 12.1. The molecule has 9 heteroatoms. The molecule has 0 spiro atoms. The monoisotopic (exact) mass is 295 g/mol. The van der Waals surface area contributed by atoms with Crippen molar-refractivity contribution >= 4 is 23.0 Å². The van der Waals surface area contributed by atoms with Crippen molar-refractivity contribution in [3.05, 3.63) is 28.0 Å². The lowest BCUT2D eigenvalue weighted by Gasteiger charge is -2.09. The molecule has 2 heterocycles. The zero-order valence-corrected chi connectivity index (χ0v) is 11.3. The zero-order chi connectivity index (χ0) is 15.6. The first-order valence-electron chi connectivity index (χ1n) is 5.96. The number of furan rings is 1. The highest BCUT2D eigenvalue weighted by atomic mass is 16.5. The number of nitrogens with zero attached hydrogens (tertiary/aromatic N) is 1. The summed E-state index contributed by atoms with van der Waals surface area (Å²) in [6.45, 7) is 1.16. The number of hydrogen-bond donors (Lipinski definition) is 3. The van der Waals surface area contributed by atoms with Crippen LogP contribution in [0.1, 0.15) is 16.1 Å². The molecule has 2 rings (SSSR count). The molecule has 0 aliphatic heterocycles. The van der Waals surface area contributed by atoms with E-state index in [0.29, 0.717) is 0 Å². The number of hydrogen-bond acceptors (Lipinski definition) is 7. The van der Waals surface area contributed by atoms with Crippen LogP contribution in [0.25, 0.3) is 11.1 Å². The number of fused-ring (bicyclic) bond motifs is 1. The highest BCUT2D eigenvalue weighted by molar-refractivity contribution is 6.06. The van der Waals surface area contributed by atoms with Gasteiger partial charge in [-0.1, -0.05) is 0 Å². The number of aromatic nitrogens is 2. The van der Waals surface area contributed by atoms with Crippen molar-refractivity contribution in [3.8, 4) is 0 Å². The second-order valence-electron chi connectivity index (χ2n) is 4.19. The van der Waals surface area contributed by atoms with Gasteiger partial charge in [0.2, 0.25) is 5.71 Å². The van der Waals surface area contributed by atoms with Crippen LogP contribution in [0.15, 0.2) is 15.5 Å². The average molecular weight is 295 g/mol. The van der Waals surface area contributed by atoms with Crippen LogP contribution in [0, 0.1) is 6.92 Å². The first-order chi connectivity index (χ1) is 9.95. The number of carbonyl (C=O) groups excluding carboxylic acids is 2. The Bertz CT molecular complexity index is 747. The number of aliphatic hydroxyl groups excluding tert-OH is 1. The van der Waals surface area contributed by atoms with Gasteiger partial charge in [0.1, 0.15) is 11.1 Å². The summed E-state index contributed by atoms with van der Waals surface area (Å²) in [5.41, 5.74) is -0.471. The van der Waals surface area contributed by atoms with Gasteiger partial charge in [-0.05, 0) is 6.92 Å². The summed E-state index contributed by atoms with van der Waals surface area (Å²) in [6.07, 6.45) is -0.329. The Kier molecular flexibility index (Phi) is 4.03. The predicted octanol–water partition coefficient (Wildman–Crippen LogP) is -0.912. The molecule has 0 saturated carbocycles. The number of ether oxygens (including phenoxy) is 1. The number of rotatable bonds is 4. The van der Waals surface area contributed by atoms with Gasteiger partial charge in [0.05, 0.1) is 25.5 Å². The lowest BCUT2D eigenvalue weighted by Crippen LogP contribution is -2.37. The Morgan fingerprint density at radius 1 is 1.57 bits per heavy atom. The van der Waals surface area contributed by atoms with Crippen molar-refractivity contribution in [3.63, 3.8) is 0 Å². The molecule has 0 radical (unpaired) electrons. The number of aryl methyl sites for hydroxylation is 1. The third-order valence-corrected chi connectivity index (χ3v) is 2.83. The Hall–Kier alpha value is -2.68. The van der Waals surface area contributed by atoms with Crippen LogP contribution in [0.5, 0.6) is 0 Å². The molecule has 0 fully saturated rings. The molecule has 1 atom stereocenters. The quantitative estimate of drug-likeness (QED) is 0.621. The number of methoxy groups -OCH3 is 1. The van der Waals surface area contributed by atoms with Gasteiger partial charge in [0, 0.05) is 0 Å². The van der Waals surface area contributed by atoms with Crippen molar-refractivity contribution in [1.29, 1.82) is 0 Å². The largest absolute Gasteiger partial charge is 0.467 e. The smallest absolute Gasteiger partial charge is 0.336 e. The van der Waals surface area contributed by atoms with Gasteiger partial charge < -0.3 is 24.6 Å². The molecule has 2 aromatic rings. The lowest BCUT2D eigenvalue weighted by atomic mass is 10.1. The van der Waals surface area contributed by atoms with Crippen LogP contribution in [-0.4, -0.2) is 46.7 Å². The summed E-state index contributed by atoms with van der Waals surface area (Å²) < 4.78 is 9.55. The van der Waals surface area contributed by atoms with Gasteiger partial charge >= 0.3 is 5.97 Å². The first kappa shape index (κ1) is 14.7. The Morgan fingerprint density at radius 3 is 2.95 bits per heavy atom. The molecule has 9 nitrogen and oxygen atoms in total. The summed E-state index contributed by atoms with van der Waals surface area (Å²) in [6, 6.07) is 0. The number of carbonyl (C=O) groups is 2. The molecular formula is C12H13N3O6. The van der Waals surface area contributed by atoms with Crippen molar-refractivity contribution in [1.82, 2.24) is 15.3 Å². The van der Waals surface area contributed by atoms with Crippen LogP contribution < -0.4 is 10.9 Å². The Morgan fingerprint density at radius 2 is 2.29 bits per heavy atom. The van der Waals surface area contributed by atoms with E-state index in [-0.39, 0.29) is 29.0 Å². The Labute approximate surface area is 117 Å². The molecule has 21 heavy (non-hydrogen) atoms. The third-order valence-electron chi connectivity index (χ3n) is 2.83. The summed E-state index contributed by atoms with van der Waals surface area (Å²) in [5, 5.41) is 11.8. The second-order valence-corrected chi connectivity index (χ2v) is 4.19. The first-order valence-corrected chi connectivity index (χ1v) is 5.96. The number of esters is 1. The molecule has 3 N–H and O–H groups in total. The van der Waals surface area contributed by atoms with Crippen LogP contribution in [0.4, 0.5) is 0 Å². The molecule has 0 saturated heterocycles. The Balaban J connectivity index is 2.26. The van der Waals surface area contributed by atoms with Gasteiger partial charge in [-0.15, -0.1) is 0 Å². The number of H-pyrrole nitrogens is 1. The topological polar surface area (TPSA) is 135 Å². The standard InChI is InChI=1S/C12H13N3O6/c1-5-7(8-10(18)14-4-15-11(8)21-5)9(17)13-3-6(16)12(19)20-2/h4,6,16H,3H2,1-2H3,(H,13,17)(H,14,15,18). The van der Waals surface area contributed by atoms with Gasteiger partial charge in [-0.2, -0.15) is 0 Å². The van der Waals surface area contributed by atoms with Crippen molar-refractivity contribution in [2.75, 3.05) is 13.7 Å². The highest BCUT2D eigenvalue weighted by Gasteiger charge is 2.23. The van der Waals surface area contributed by atoms with Gasteiger partial charge in [-0.25, -0.2) is 9.78 Å². The van der Waals surface area contributed by atoms with E-state index < -0.39 is 23.5 Å². The minimum absolute atomic E-state index is 0.0106. The molecule has 1 unspecified atom stereocenters. The van der Waals surface area contributed by atoms with Gasteiger partial charge in [-0.3, -0.25) is 9.59 Å². The molecular weight excluding hydrogens is 282 g/mol. The fraction of sp³-hybridized carbons (Fsp3) is 0.333. The van der Waals surface area contributed by atoms with Crippen molar-refractivity contribution < 1.29 is 23.8 Å². The number of nitrogens with one attached hydrogen (secondary N) is 2. The van der Waals surface area contributed by atoms with Crippen LogP contribution in [0.2, 0.25) is 0 Å². The lowest BCUT2D eigenvalue weighted by molar-refractivity contribution is -0.149. The van der Waals surface area contributed by atoms with E-state index in [0.717, 1.165) is 13.4 Å². The fourth-order valence-corrected chi connectivity index (χ4v) is 1.82. The van der Waals surface area contributed by atoms with E-state index in [9.17, 15) is 19.5 Å². The minimum atomic E-state index is -1.49. The van der Waals surface area contributed by atoms with E-state index in [2.05, 4.69) is 20.0 Å². The number of amides is 1. The SMILES string of the molecule is COC(=O)C(O)CNC(=O)c1c(C)oc2nc[nH]c(=O)c12. The summed E-state index contributed by atoms with van der Waals surface area (Å²) in [5.74, 6) is -1.32. The van der Waals surface area contributed by atoms with E-state index in [1.807, 2.05) is 0 Å².